The summed E-state index contributed by atoms with van der Waals surface area (Å²) >= 11 is 0. The van der Waals surface area contributed by atoms with Crippen LogP contribution in [-0.4, -0.2) is 13.2 Å². The Morgan fingerprint density at radius 2 is 2.27 bits per heavy atom. The first-order valence-corrected chi connectivity index (χ1v) is 5.23. The molecule has 0 N–H and O–H groups in total. The van der Waals surface area contributed by atoms with Gasteiger partial charge in [0.2, 0.25) is 0 Å². The monoisotopic (exact) mass is 204 g/mol. The molecular weight excluding hydrogens is 188 g/mol. The minimum Gasteiger partial charge on any atom is -0.497 e. The van der Waals surface area contributed by atoms with Gasteiger partial charge in [0.1, 0.15) is 5.75 Å². The quantitative estimate of drug-likeness (QED) is 0.690. The maximum atomic E-state index is 5.70. The Balaban J connectivity index is 2.20. The van der Waals surface area contributed by atoms with E-state index in [1.807, 2.05) is 19.1 Å². The Kier molecular flexibility index (Phi) is 3.07. The lowest BCUT2D eigenvalue weighted by Crippen LogP contribution is -2.20. The zero-order valence-corrected chi connectivity index (χ0v) is 9.19. The molecule has 0 fully saturated rings. The van der Waals surface area contributed by atoms with Crippen molar-refractivity contribution in [2.24, 2.45) is 0 Å². The Morgan fingerprint density at radius 3 is 3.00 bits per heavy atom. The van der Waals surface area contributed by atoms with Gasteiger partial charge in [-0.15, -0.1) is 0 Å². The first-order valence-electron chi connectivity index (χ1n) is 5.23. The van der Waals surface area contributed by atoms with Crippen molar-refractivity contribution in [2.45, 2.75) is 26.1 Å². The van der Waals surface area contributed by atoms with Crippen molar-refractivity contribution >= 4 is 0 Å². The molecule has 1 aromatic rings. The molecule has 0 amide bonds. The highest BCUT2D eigenvalue weighted by Gasteiger charge is 2.16. The van der Waals surface area contributed by atoms with E-state index in [0.29, 0.717) is 6.61 Å². The fourth-order valence-corrected chi connectivity index (χ4v) is 1.87. The second-order valence-electron chi connectivity index (χ2n) is 3.71. The minimum atomic E-state index is 0.232. The molecule has 0 radical (unpaired) electrons. The molecule has 1 aliphatic heterocycles. The van der Waals surface area contributed by atoms with Crippen LogP contribution in [0.4, 0.5) is 0 Å². The number of allylic oxidation sites excluding steroid dienone is 1. The highest BCUT2D eigenvalue weighted by Crippen LogP contribution is 2.25. The van der Waals surface area contributed by atoms with E-state index in [4.69, 9.17) is 9.47 Å². The van der Waals surface area contributed by atoms with E-state index in [-0.39, 0.29) is 6.10 Å². The first-order chi connectivity index (χ1) is 7.33. The number of hydrogen-bond acceptors (Lipinski definition) is 2. The molecule has 0 saturated heterocycles. The molecule has 1 atom stereocenters. The summed E-state index contributed by atoms with van der Waals surface area (Å²) in [5.74, 6) is 0.904. The highest BCUT2D eigenvalue weighted by atomic mass is 16.5. The van der Waals surface area contributed by atoms with E-state index in [1.165, 1.54) is 11.1 Å². The number of fused-ring (bicyclic) bond motifs is 1. The Hall–Kier alpha value is -1.28. The zero-order valence-electron chi connectivity index (χ0n) is 9.19. The third-order valence-corrected chi connectivity index (χ3v) is 2.69. The molecule has 1 unspecified atom stereocenters. The summed E-state index contributed by atoms with van der Waals surface area (Å²) in [5, 5.41) is 0. The topological polar surface area (TPSA) is 18.5 Å². The second kappa shape index (κ2) is 4.49. The van der Waals surface area contributed by atoms with Crippen molar-refractivity contribution in [1.29, 1.82) is 0 Å². The van der Waals surface area contributed by atoms with Gasteiger partial charge in [0.25, 0.3) is 0 Å². The lowest BCUT2D eigenvalue weighted by Gasteiger charge is -2.23. The van der Waals surface area contributed by atoms with E-state index in [9.17, 15) is 0 Å². The summed E-state index contributed by atoms with van der Waals surface area (Å²) in [4.78, 5) is 0. The van der Waals surface area contributed by atoms with Crippen molar-refractivity contribution < 1.29 is 9.47 Å². The van der Waals surface area contributed by atoms with Crippen molar-refractivity contribution in [3.8, 4) is 5.75 Å². The van der Waals surface area contributed by atoms with E-state index in [0.717, 1.165) is 12.2 Å². The molecule has 2 heteroatoms. The zero-order chi connectivity index (χ0) is 10.7. The average Bonchev–Trinajstić information content (AvgIpc) is 2.29. The highest BCUT2D eigenvalue weighted by molar-refractivity contribution is 5.37. The van der Waals surface area contributed by atoms with Crippen LogP contribution in [0.1, 0.15) is 18.1 Å². The number of rotatable bonds is 2. The number of benzene rings is 1. The fourth-order valence-electron chi connectivity index (χ4n) is 1.87. The van der Waals surface area contributed by atoms with Gasteiger partial charge in [0, 0.05) is 6.42 Å². The first kappa shape index (κ1) is 10.2. The van der Waals surface area contributed by atoms with Gasteiger partial charge in [0.15, 0.2) is 0 Å². The van der Waals surface area contributed by atoms with Crippen molar-refractivity contribution in [2.75, 3.05) is 7.11 Å². The smallest absolute Gasteiger partial charge is 0.119 e. The maximum absolute atomic E-state index is 5.70. The molecular formula is C13H16O2. The molecule has 2 nitrogen and oxygen atoms in total. The largest absolute Gasteiger partial charge is 0.497 e. The Bertz CT molecular complexity index is 369. The number of hydrogen-bond donors (Lipinski definition) is 0. The lowest BCUT2D eigenvalue weighted by molar-refractivity contribution is 0.0593. The number of methoxy groups -OCH3 is 1. The van der Waals surface area contributed by atoms with Gasteiger partial charge in [0.05, 0.1) is 19.8 Å². The van der Waals surface area contributed by atoms with E-state index >= 15 is 0 Å². The van der Waals surface area contributed by atoms with Crippen LogP contribution < -0.4 is 4.74 Å². The van der Waals surface area contributed by atoms with Crippen LogP contribution in [0.3, 0.4) is 0 Å². The predicted octanol–water partition coefficient (Wildman–Crippen LogP) is 2.71. The molecule has 80 valence electrons. The summed E-state index contributed by atoms with van der Waals surface area (Å²) < 4.78 is 10.9. The van der Waals surface area contributed by atoms with E-state index in [1.54, 1.807) is 7.11 Å². The van der Waals surface area contributed by atoms with Crippen LogP contribution in [0, 0.1) is 0 Å². The van der Waals surface area contributed by atoms with E-state index < -0.39 is 0 Å². The van der Waals surface area contributed by atoms with Gasteiger partial charge in [-0.25, -0.2) is 0 Å². The molecule has 2 rings (SSSR count). The lowest BCUT2D eigenvalue weighted by atomic mass is 9.98. The molecule has 1 aliphatic rings. The van der Waals surface area contributed by atoms with Gasteiger partial charge < -0.3 is 9.47 Å². The van der Waals surface area contributed by atoms with Crippen LogP contribution in [0.15, 0.2) is 30.4 Å². The molecule has 1 aromatic carbocycles. The van der Waals surface area contributed by atoms with Gasteiger partial charge in [-0.05, 0) is 30.2 Å². The standard InChI is InChI=1S/C13H16O2/c1-3-4-13-7-10-5-6-12(14-2)8-11(10)9-15-13/h3-6,8,13H,7,9H2,1-2H3/b4-3-. The summed E-state index contributed by atoms with van der Waals surface area (Å²) in [6.07, 6.45) is 5.34. The van der Waals surface area contributed by atoms with Crippen molar-refractivity contribution in [3.05, 3.63) is 41.5 Å². The molecule has 0 bridgehead atoms. The maximum Gasteiger partial charge on any atom is 0.119 e. The van der Waals surface area contributed by atoms with Crippen molar-refractivity contribution in [3.63, 3.8) is 0 Å². The minimum absolute atomic E-state index is 0.232. The van der Waals surface area contributed by atoms with Gasteiger partial charge >= 0.3 is 0 Å². The molecule has 0 aromatic heterocycles. The summed E-state index contributed by atoms with van der Waals surface area (Å²) in [7, 11) is 1.69. The normalized spacial score (nSPS) is 20.3. The SMILES string of the molecule is C/C=C\C1Cc2ccc(OC)cc2CO1. The number of ether oxygens (including phenoxy) is 2. The van der Waals surface area contributed by atoms with Gasteiger partial charge in [-0.1, -0.05) is 18.2 Å². The average molecular weight is 204 g/mol. The predicted molar refractivity (Wildman–Crippen MR) is 60.1 cm³/mol. The van der Waals surface area contributed by atoms with Gasteiger partial charge in [-0.3, -0.25) is 0 Å². The second-order valence-corrected chi connectivity index (χ2v) is 3.71. The van der Waals surface area contributed by atoms with Crippen LogP contribution in [-0.2, 0) is 17.8 Å². The van der Waals surface area contributed by atoms with Crippen LogP contribution in [0.2, 0.25) is 0 Å². The Morgan fingerprint density at radius 1 is 1.40 bits per heavy atom. The summed E-state index contributed by atoms with van der Waals surface area (Å²) in [6.45, 7) is 2.70. The van der Waals surface area contributed by atoms with Crippen LogP contribution in [0.25, 0.3) is 0 Å². The molecule has 15 heavy (non-hydrogen) atoms. The van der Waals surface area contributed by atoms with Crippen molar-refractivity contribution in [1.82, 2.24) is 0 Å². The third-order valence-electron chi connectivity index (χ3n) is 2.69. The third kappa shape index (κ3) is 2.21. The molecule has 0 aliphatic carbocycles. The Labute approximate surface area is 90.5 Å². The van der Waals surface area contributed by atoms with E-state index in [2.05, 4.69) is 18.2 Å². The summed E-state index contributed by atoms with van der Waals surface area (Å²) in [5.41, 5.74) is 2.61. The van der Waals surface area contributed by atoms with Crippen LogP contribution in [0.5, 0.6) is 5.75 Å². The summed E-state index contributed by atoms with van der Waals surface area (Å²) in [6, 6.07) is 6.20. The van der Waals surface area contributed by atoms with Crippen LogP contribution >= 0.6 is 0 Å². The fraction of sp³-hybridized carbons (Fsp3) is 0.385. The molecule has 1 heterocycles. The van der Waals surface area contributed by atoms with Gasteiger partial charge in [-0.2, -0.15) is 0 Å². The molecule has 0 spiro atoms. The molecule has 0 saturated carbocycles.